The van der Waals surface area contributed by atoms with Gasteiger partial charge in [0, 0.05) is 5.69 Å². The fraction of sp³-hybridized carbons (Fsp3) is 0.267. The molecule has 36 heavy (non-hydrogen) atoms. The number of carbonyl (C=O) groups excluding carboxylic acids is 1. The van der Waals surface area contributed by atoms with E-state index in [1.54, 1.807) is 30.2 Å². The highest BCUT2D eigenvalue weighted by atomic mass is 16.5. The van der Waals surface area contributed by atoms with Gasteiger partial charge in [0.15, 0.2) is 5.43 Å². The van der Waals surface area contributed by atoms with Crippen molar-refractivity contribution in [2.24, 2.45) is 0 Å². The Hall–Kier alpha value is -4.06. The summed E-state index contributed by atoms with van der Waals surface area (Å²) in [6.07, 6.45) is 3.19. The van der Waals surface area contributed by atoms with Crippen LogP contribution in [0.5, 0.6) is 11.5 Å². The van der Waals surface area contributed by atoms with Gasteiger partial charge in [0.25, 0.3) is 5.91 Å². The number of rotatable bonds is 8. The van der Waals surface area contributed by atoms with Crippen molar-refractivity contribution in [1.29, 1.82) is 0 Å². The monoisotopic (exact) mass is 483 g/mol. The molecule has 6 heteroatoms. The molecule has 5 rings (SSSR count). The van der Waals surface area contributed by atoms with Crippen LogP contribution >= 0.6 is 0 Å². The van der Waals surface area contributed by atoms with Crippen molar-refractivity contribution >= 4 is 22.6 Å². The Morgan fingerprint density at radius 1 is 0.944 bits per heavy atom. The first-order valence-corrected chi connectivity index (χ1v) is 12.3. The largest absolute Gasteiger partial charge is 0.497 e. The summed E-state index contributed by atoms with van der Waals surface area (Å²) in [7, 11) is 1.59. The molecular weight excluding hydrogens is 454 g/mol. The second-order valence-electron chi connectivity index (χ2n) is 9.08. The van der Waals surface area contributed by atoms with Crippen LogP contribution in [0.1, 0.15) is 59.5 Å². The van der Waals surface area contributed by atoms with Gasteiger partial charge >= 0.3 is 0 Å². The zero-order valence-corrected chi connectivity index (χ0v) is 20.7. The lowest BCUT2D eigenvalue weighted by Gasteiger charge is -2.25. The molecule has 3 aromatic carbocycles. The summed E-state index contributed by atoms with van der Waals surface area (Å²) < 4.78 is 17.4. The SMILES string of the molecule is CCCCCOc1cccc(C2c3c(oc4ccc(C)cc4c3=O)C(=O)N2c2ccc(OC)cc2)c1. The number of ether oxygens (including phenoxy) is 2. The van der Waals surface area contributed by atoms with Crippen LogP contribution in [-0.4, -0.2) is 19.6 Å². The minimum Gasteiger partial charge on any atom is -0.497 e. The summed E-state index contributed by atoms with van der Waals surface area (Å²) in [5, 5.41) is 0.468. The number of unbranched alkanes of at least 4 members (excludes halogenated alkanes) is 2. The molecule has 0 N–H and O–H groups in total. The smallest absolute Gasteiger partial charge is 0.295 e. The number of carbonyl (C=O) groups is 1. The van der Waals surface area contributed by atoms with Gasteiger partial charge in [0.1, 0.15) is 17.1 Å². The standard InChI is InChI=1S/C30H29NO5/c1-4-5-6-16-35-23-9-7-8-20(18-23)27-26-28(32)24-17-19(2)10-15-25(24)36-29(26)30(33)31(27)21-11-13-22(34-3)14-12-21/h7-15,17-18,27H,4-6,16H2,1-3H3. The van der Waals surface area contributed by atoms with Crippen LogP contribution in [-0.2, 0) is 0 Å². The first-order chi connectivity index (χ1) is 17.5. The molecule has 0 bridgehead atoms. The molecule has 1 aliphatic heterocycles. The van der Waals surface area contributed by atoms with E-state index in [9.17, 15) is 9.59 Å². The molecule has 1 amide bonds. The molecule has 1 aromatic heterocycles. The fourth-order valence-corrected chi connectivity index (χ4v) is 4.73. The van der Waals surface area contributed by atoms with Gasteiger partial charge in [-0.2, -0.15) is 0 Å². The minimum absolute atomic E-state index is 0.0754. The predicted octanol–water partition coefficient (Wildman–Crippen LogP) is 6.43. The first kappa shape index (κ1) is 23.7. The summed E-state index contributed by atoms with van der Waals surface area (Å²) in [6, 6.07) is 19.6. The van der Waals surface area contributed by atoms with Crippen LogP contribution in [0.15, 0.2) is 75.9 Å². The summed E-state index contributed by atoms with van der Waals surface area (Å²) >= 11 is 0. The molecule has 0 aliphatic carbocycles. The first-order valence-electron chi connectivity index (χ1n) is 12.3. The number of benzene rings is 3. The van der Waals surface area contributed by atoms with Crippen molar-refractivity contribution < 1.29 is 18.7 Å². The predicted molar refractivity (Wildman–Crippen MR) is 140 cm³/mol. The average Bonchev–Trinajstić information content (AvgIpc) is 3.19. The van der Waals surface area contributed by atoms with Gasteiger partial charge in [-0.25, -0.2) is 0 Å². The van der Waals surface area contributed by atoms with Crippen molar-refractivity contribution in [2.45, 2.75) is 39.2 Å². The highest BCUT2D eigenvalue weighted by Gasteiger charge is 2.43. The van der Waals surface area contributed by atoms with E-state index >= 15 is 0 Å². The highest BCUT2D eigenvalue weighted by Crippen LogP contribution is 2.42. The quantitative estimate of drug-likeness (QED) is 0.270. The molecule has 0 saturated heterocycles. The number of aryl methyl sites for hydroxylation is 1. The Balaban J connectivity index is 1.66. The maximum absolute atomic E-state index is 13.8. The summed E-state index contributed by atoms with van der Waals surface area (Å²) in [4.78, 5) is 29.2. The van der Waals surface area contributed by atoms with Crippen molar-refractivity contribution in [3.8, 4) is 11.5 Å². The molecule has 1 unspecified atom stereocenters. The lowest BCUT2D eigenvalue weighted by atomic mass is 9.97. The topological polar surface area (TPSA) is 69.0 Å². The molecule has 184 valence electrons. The van der Waals surface area contributed by atoms with Crippen LogP contribution in [0.25, 0.3) is 11.0 Å². The van der Waals surface area contributed by atoms with E-state index in [-0.39, 0.29) is 17.1 Å². The molecule has 0 spiro atoms. The van der Waals surface area contributed by atoms with E-state index in [4.69, 9.17) is 13.9 Å². The molecule has 0 radical (unpaired) electrons. The van der Waals surface area contributed by atoms with Crippen molar-refractivity contribution in [3.63, 3.8) is 0 Å². The maximum Gasteiger partial charge on any atom is 0.295 e. The van der Waals surface area contributed by atoms with Crippen LogP contribution in [0, 0.1) is 6.92 Å². The molecule has 4 aromatic rings. The van der Waals surface area contributed by atoms with Crippen LogP contribution in [0.2, 0.25) is 0 Å². The normalized spacial score (nSPS) is 14.8. The third-order valence-corrected chi connectivity index (χ3v) is 6.57. The van der Waals surface area contributed by atoms with Crippen molar-refractivity contribution in [2.75, 3.05) is 18.6 Å². The number of nitrogens with zero attached hydrogens (tertiary/aromatic N) is 1. The molecule has 1 aliphatic rings. The van der Waals surface area contributed by atoms with E-state index in [2.05, 4.69) is 6.92 Å². The lowest BCUT2D eigenvalue weighted by Crippen LogP contribution is -2.29. The maximum atomic E-state index is 13.8. The number of anilines is 1. The second-order valence-corrected chi connectivity index (χ2v) is 9.08. The molecule has 2 heterocycles. The van der Waals surface area contributed by atoms with E-state index in [1.165, 1.54) is 0 Å². The van der Waals surface area contributed by atoms with E-state index < -0.39 is 6.04 Å². The van der Waals surface area contributed by atoms with E-state index in [0.29, 0.717) is 40.3 Å². The Labute approximate surface area is 210 Å². The number of amides is 1. The van der Waals surface area contributed by atoms with Gasteiger partial charge in [0.05, 0.1) is 30.7 Å². The lowest BCUT2D eigenvalue weighted by molar-refractivity contribution is 0.0971. The Kier molecular flexibility index (Phi) is 6.51. The zero-order chi connectivity index (χ0) is 25.2. The fourth-order valence-electron chi connectivity index (χ4n) is 4.73. The van der Waals surface area contributed by atoms with Gasteiger partial charge in [0.2, 0.25) is 5.76 Å². The molecule has 6 nitrogen and oxygen atoms in total. The summed E-state index contributed by atoms with van der Waals surface area (Å²) in [6.45, 7) is 4.70. The third kappa shape index (κ3) is 4.24. The number of hydrogen-bond acceptors (Lipinski definition) is 5. The zero-order valence-electron chi connectivity index (χ0n) is 20.7. The molecule has 1 atom stereocenters. The van der Waals surface area contributed by atoms with Gasteiger partial charge in [-0.3, -0.25) is 14.5 Å². The van der Waals surface area contributed by atoms with Crippen LogP contribution in [0.4, 0.5) is 5.69 Å². The average molecular weight is 484 g/mol. The van der Waals surface area contributed by atoms with Gasteiger partial charge < -0.3 is 13.9 Å². The van der Waals surface area contributed by atoms with Crippen LogP contribution < -0.4 is 19.8 Å². The Morgan fingerprint density at radius 2 is 1.75 bits per heavy atom. The van der Waals surface area contributed by atoms with Crippen molar-refractivity contribution in [1.82, 2.24) is 0 Å². The Morgan fingerprint density at radius 3 is 2.50 bits per heavy atom. The Bertz CT molecular complexity index is 1470. The van der Waals surface area contributed by atoms with Gasteiger partial charge in [-0.05, 0) is 67.4 Å². The molecule has 0 saturated carbocycles. The second kappa shape index (κ2) is 9.90. The number of fused-ring (bicyclic) bond motifs is 2. The van der Waals surface area contributed by atoms with Gasteiger partial charge in [-0.1, -0.05) is 43.5 Å². The number of hydrogen-bond donors (Lipinski definition) is 0. The minimum atomic E-state index is -0.652. The highest BCUT2D eigenvalue weighted by molar-refractivity contribution is 6.10. The van der Waals surface area contributed by atoms with E-state index in [0.717, 1.165) is 30.4 Å². The third-order valence-electron chi connectivity index (χ3n) is 6.57. The van der Waals surface area contributed by atoms with Gasteiger partial charge in [-0.15, -0.1) is 0 Å². The van der Waals surface area contributed by atoms with Crippen molar-refractivity contribution in [3.05, 3.63) is 99.4 Å². The molecular formula is C30H29NO5. The van der Waals surface area contributed by atoms with Crippen LogP contribution in [0.3, 0.4) is 0 Å². The van der Waals surface area contributed by atoms with E-state index in [1.807, 2.05) is 55.5 Å². The summed E-state index contributed by atoms with van der Waals surface area (Å²) in [5.41, 5.74) is 2.93. The number of methoxy groups -OCH3 is 1. The molecule has 0 fully saturated rings. The summed E-state index contributed by atoms with van der Waals surface area (Å²) in [5.74, 6) is 1.11.